The van der Waals surface area contributed by atoms with E-state index in [0.29, 0.717) is 16.7 Å². The minimum Gasteiger partial charge on any atom is -0.210 e. The summed E-state index contributed by atoms with van der Waals surface area (Å²) in [5, 5.41) is 1.12. The second-order valence-electron chi connectivity index (χ2n) is 4.20. The van der Waals surface area contributed by atoms with Gasteiger partial charge in [0.25, 0.3) is 0 Å². The van der Waals surface area contributed by atoms with Crippen molar-refractivity contribution in [3.63, 3.8) is 0 Å². The summed E-state index contributed by atoms with van der Waals surface area (Å²) in [6.45, 7) is 0.514. The Labute approximate surface area is 131 Å². The van der Waals surface area contributed by atoms with Crippen LogP contribution in [0, 0.1) is 0 Å². The maximum Gasteiger partial charge on any atom is 0.240 e. The number of hydrogen-bond acceptors (Lipinski definition) is 4. The van der Waals surface area contributed by atoms with E-state index in [-0.39, 0.29) is 0 Å². The second-order valence-corrected chi connectivity index (χ2v) is 9.08. The fourth-order valence-electron chi connectivity index (χ4n) is 1.70. The van der Waals surface area contributed by atoms with Gasteiger partial charge in [0.15, 0.2) is 0 Å². The van der Waals surface area contributed by atoms with Gasteiger partial charge in [0.1, 0.15) is 0 Å². The van der Waals surface area contributed by atoms with Crippen LogP contribution in [0.1, 0.15) is 5.56 Å². The zero-order valence-electron chi connectivity index (χ0n) is 10.3. The molecule has 0 spiro atoms. The van der Waals surface area contributed by atoms with Crippen LogP contribution in [0.25, 0.3) is 0 Å². The van der Waals surface area contributed by atoms with E-state index in [0.717, 1.165) is 22.4 Å². The molecule has 1 aliphatic heterocycles. The largest absolute Gasteiger partial charge is 0.240 e. The van der Waals surface area contributed by atoms with Crippen molar-refractivity contribution in [3.05, 3.63) is 29.8 Å². The Morgan fingerprint density at radius 2 is 2.00 bits per heavy atom. The minimum absolute atomic E-state index is 0.339. The van der Waals surface area contributed by atoms with Crippen molar-refractivity contribution in [2.75, 3.05) is 23.8 Å². The van der Waals surface area contributed by atoms with Crippen LogP contribution in [-0.2, 0) is 15.4 Å². The standard InChI is InChI=1S/C12H16BrNO2S3/c13-7-10-1-3-12(4-2-10)19(15,16)14-8-11-9-17-5-6-18-11/h1-4,11,14H,5-9H2. The normalized spacial score (nSPS) is 20.4. The first-order valence-corrected chi connectivity index (χ1v) is 10.8. The maximum atomic E-state index is 12.1. The fraction of sp³-hybridized carbons (Fsp3) is 0.500. The molecule has 1 N–H and O–H groups in total. The van der Waals surface area contributed by atoms with Crippen molar-refractivity contribution in [2.24, 2.45) is 0 Å². The molecule has 7 heteroatoms. The van der Waals surface area contributed by atoms with Gasteiger partial charge in [-0.1, -0.05) is 28.1 Å². The third-order valence-corrected chi connectivity index (χ3v) is 7.71. The Morgan fingerprint density at radius 1 is 1.26 bits per heavy atom. The minimum atomic E-state index is -3.37. The van der Waals surface area contributed by atoms with Gasteiger partial charge in [0.2, 0.25) is 10.0 Å². The number of halogens is 1. The first kappa shape index (κ1) is 15.7. The molecule has 0 aliphatic carbocycles. The Balaban J connectivity index is 1.96. The molecule has 19 heavy (non-hydrogen) atoms. The summed E-state index contributed by atoms with van der Waals surface area (Å²) in [5.41, 5.74) is 1.07. The Kier molecular flexibility index (Phi) is 6.08. The number of nitrogens with one attached hydrogen (secondary N) is 1. The van der Waals surface area contributed by atoms with E-state index in [4.69, 9.17) is 0 Å². The summed E-state index contributed by atoms with van der Waals surface area (Å²) in [5.74, 6) is 3.30. The fourth-order valence-corrected chi connectivity index (χ4v) is 5.87. The van der Waals surface area contributed by atoms with E-state index in [1.54, 1.807) is 12.1 Å². The molecular weight excluding hydrogens is 366 g/mol. The van der Waals surface area contributed by atoms with E-state index < -0.39 is 10.0 Å². The number of benzene rings is 1. The smallest absolute Gasteiger partial charge is 0.210 e. The van der Waals surface area contributed by atoms with Crippen molar-refractivity contribution < 1.29 is 8.42 Å². The highest BCUT2D eigenvalue weighted by atomic mass is 79.9. The lowest BCUT2D eigenvalue weighted by atomic mass is 10.2. The molecule has 1 fully saturated rings. The van der Waals surface area contributed by atoms with Crippen molar-refractivity contribution in [1.82, 2.24) is 4.72 Å². The summed E-state index contributed by atoms with van der Waals surface area (Å²) in [6, 6.07) is 6.96. The van der Waals surface area contributed by atoms with Crippen LogP contribution >= 0.6 is 39.5 Å². The monoisotopic (exact) mass is 381 g/mol. The van der Waals surface area contributed by atoms with Gasteiger partial charge in [-0.05, 0) is 17.7 Å². The molecule has 0 radical (unpaired) electrons. The molecule has 1 aromatic rings. The molecule has 1 unspecified atom stereocenters. The van der Waals surface area contributed by atoms with Crippen LogP contribution in [-0.4, -0.2) is 37.5 Å². The van der Waals surface area contributed by atoms with Crippen LogP contribution < -0.4 is 4.72 Å². The highest BCUT2D eigenvalue weighted by Gasteiger charge is 2.19. The second kappa shape index (κ2) is 7.36. The van der Waals surface area contributed by atoms with E-state index in [2.05, 4.69) is 20.7 Å². The van der Waals surface area contributed by atoms with Crippen LogP contribution in [0.2, 0.25) is 0 Å². The molecule has 1 aliphatic rings. The highest BCUT2D eigenvalue weighted by Crippen LogP contribution is 2.23. The Bertz CT molecular complexity index is 498. The first-order chi connectivity index (χ1) is 9.12. The van der Waals surface area contributed by atoms with Crippen LogP contribution in [0.3, 0.4) is 0 Å². The van der Waals surface area contributed by atoms with Crippen molar-refractivity contribution >= 4 is 49.5 Å². The van der Waals surface area contributed by atoms with Gasteiger partial charge in [0.05, 0.1) is 4.90 Å². The summed E-state index contributed by atoms with van der Waals surface area (Å²) in [4.78, 5) is 0.339. The van der Waals surface area contributed by atoms with Crippen LogP contribution in [0.4, 0.5) is 0 Å². The molecule has 1 atom stereocenters. The Hall–Kier alpha value is 0.310. The summed E-state index contributed by atoms with van der Waals surface area (Å²) >= 11 is 7.09. The molecule has 0 aromatic heterocycles. The lowest BCUT2D eigenvalue weighted by molar-refractivity contribution is 0.581. The lowest BCUT2D eigenvalue weighted by Crippen LogP contribution is -2.33. The summed E-state index contributed by atoms with van der Waals surface area (Å²) in [7, 11) is -3.37. The molecule has 106 valence electrons. The van der Waals surface area contributed by atoms with E-state index in [1.165, 1.54) is 5.75 Å². The summed E-state index contributed by atoms with van der Waals surface area (Å²) in [6.07, 6.45) is 0. The van der Waals surface area contributed by atoms with E-state index in [9.17, 15) is 8.42 Å². The van der Waals surface area contributed by atoms with Gasteiger partial charge < -0.3 is 0 Å². The van der Waals surface area contributed by atoms with E-state index in [1.807, 2.05) is 35.7 Å². The van der Waals surface area contributed by atoms with Crippen molar-refractivity contribution in [2.45, 2.75) is 15.5 Å². The Morgan fingerprint density at radius 3 is 2.58 bits per heavy atom. The van der Waals surface area contributed by atoms with E-state index >= 15 is 0 Å². The summed E-state index contributed by atoms with van der Waals surface area (Å²) < 4.78 is 27.0. The molecular formula is C12H16BrNO2S3. The highest BCUT2D eigenvalue weighted by molar-refractivity contribution is 9.08. The molecule has 1 heterocycles. The molecule has 0 bridgehead atoms. The molecule has 1 aromatic carbocycles. The number of thioether (sulfide) groups is 2. The van der Waals surface area contributed by atoms with Crippen molar-refractivity contribution in [3.8, 4) is 0 Å². The third kappa shape index (κ3) is 4.67. The number of sulfonamides is 1. The number of rotatable bonds is 5. The van der Waals surface area contributed by atoms with Gasteiger partial charge in [-0.15, -0.1) is 0 Å². The molecule has 0 amide bonds. The predicted molar refractivity (Wildman–Crippen MR) is 87.8 cm³/mol. The quantitative estimate of drug-likeness (QED) is 0.796. The number of alkyl halides is 1. The average Bonchev–Trinajstić information content (AvgIpc) is 2.46. The predicted octanol–water partition coefficient (Wildman–Crippen LogP) is 2.71. The molecule has 3 nitrogen and oxygen atoms in total. The first-order valence-electron chi connectivity index (χ1n) is 5.96. The zero-order chi connectivity index (χ0) is 13.7. The molecule has 1 saturated heterocycles. The van der Waals surface area contributed by atoms with Gasteiger partial charge in [0, 0.05) is 34.4 Å². The van der Waals surface area contributed by atoms with Gasteiger partial charge in [-0.3, -0.25) is 0 Å². The SMILES string of the molecule is O=S(=O)(NCC1CSCCS1)c1ccc(CBr)cc1. The molecule has 0 saturated carbocycles. The van der Waals surface area contributed by atoms with Gasteiger partial charge in [-0.25, -0.2) is 13.1 Å². The topological polar surface area (TPSA) is 46.2 Å². The maximum absolute atomic E-state index is 12.1. The number of hydrogen-bond donors (Lipinski definition) is 1. The zero-order valence-corrected chi connectivity index (χ0v) is 14.4. The van der Waals surface area contributed by atoms with Crippen LogP contribution in [0.15, 0.2) is 29.2 Å². The van der Waals surface area contributed by atoms with Crippen molar-refractivity contribution in [1.29, 1.82) is 0 Å². The lowest BCUT2D eigenvalue weighted by Gasteiger charge is -2.21. The third-order valence-electron chi connectivity index (χ3n) is 2.77. The van der Waals surface area contributed by atoms with Gasteiger partial charge in [-0.2, -0.15) is 23.5 Å². The average molecular weight is 382 g/mol. The van der Waals surface area contributed by atoms with Gasteiger partial charge >= 0.3 is 0 Å². The molecule has 2 rings (SSSR count). The van der Waals surface area contributed by atoms with Crippen LogP contribution in [0.5, 0.6) is 0 Å².